The molecular formula is C73H77N3O14. The number of esters is 3. The van der Waals surface area contributed by atoms with Crippen molar-refractivity contribution in [2.24, 2.45) is 0 Å². The summed E-state index contributed by atoms with van der Waals surface area (Å²) in [7, 11) is 0. The Morgan fingerprint density at radius 3 is 0.956 bits per heavy atom. The average Bonchev–Trinajstić information content (AvgIpc) is 1.76. The SMILES string of the molecule is C/C=C\CN1C(=O)c2ccccc2C1=O.C/C=C\COC(=O)c1ccccc1.C=CC.C=CC.C=CCN1C(=O)c2ccccc2C1=O.C=CCOC(=O)c1ccccc1.CC(=O)CCN1C(=O)c2ccccc2C1=O.CC(=O)CCOC(=O)c1ccccc1. The highest BCUT2D eigenvalue weighted by atomic mass is 16.5. The number of carbonyl (C=O) groups is 11. The lowest BCUT2D eigenvalue weighted by Gasteiger charge is -2.11. The molecule has 3 aliphatic rings. The molecule has 90 heavy (non-hydrogen) atoms. The standard InChI is InChI=1S/C12H11NO3.C12H11NO2.C11H9NO2.C11H12O3.C11H12O2.C10H10O2.2C3H6/c1-8(14)6-7-13-11(15)9-4-2-3-5-10(9)12(13)16;1-2-3-8-13-11(14)9-6-4-5-7-10(9)12(13)15;1-2-7-12-10(13)8-5-3-4-6-9(8)11(12)14;1-9(12)7-8-14-11(13)10-5-3-2-4-6-10;1-2-3-9-13-11(12)10-7-5-4-6-8-10;1-2-8-12-10(11)9-6-4-3-5-7-9;2*1-3-2/h2-5H,6-7H2,1H3;2-7H,8H2,1H3;2-6H,1,7H2;2-6H,7-8H2,1H3;2-8H,9H2,1H3;2-7H,1,8H2;2*3H,1H2,2H3/b;3-2-;;;3-2-;;;. The molecule has 0 saturated carbocycles. The Morgan fingerprint density at radius 1 is 0.367 bits per heavy atom. The van der Waals surface area contributed by atoms with Crippen molar-refractivity contribution in [3.8, 4) is 0 Å². The summed E-state index contributed by atoms with van der Waals surface area (Å²) in [6.07, 6.45) is 14.3. The van der Waals surface area contributed by atoms with Crippen molar-refractivity contribution in [2.75, 3.05) is 39.5 Å². The largest absolute Gasteiger partial charge is 0.462 e. The van der Waals surface area contributed by atoms with Gasteiger partial charge in [0, 0.05) is 32.5 Å². The maximum atomic E-state index is 11.8. The minimum Gasteiger partial charge on any atom is -0.462 e. The van der Waals surface area contributed by atoms with E-state index in [0.29, 0.717) is 63.2 Å². The first-order valence-corrected chi connectivity index (χ1v) is 28.4. The van der Waals surface area contributed by atoms with Crippen LogP contribution in [0.1, 0.15) is 148 Å². The number of hydrogen-bond acceptors (Lipinski definition) is 14. The molecule has 3 heterocycles. The highest BCUT2D eigenvalue weighted by Gasteiger charge is 2.36. The Hall–Kier alpha value is -11.1. The van der Waals surface area contributed by atoms with E-state index in [1.807, 2.05) is 70.2 Å². The predicted molar refractivity (Wildman–Crippen MR) is 348 cm³/mol. The van der Waals surface area contributed by atoms with Crippen LogP contribution in [0, 0.1) is 0 Å². The number of allylic oxidation sites excluding steroid dienone is 4. The van der Waals surface area contributed by atoms with Crippen molar-refractivity contribution in [2.45, 2.75) is 54.4 Å². The van der Waals surface area contributed by atoms with Gasteiger partial charge in [-0.3, -0.25) is 53.1 Å². The Balaban J connectivity index is 0.000000362. The lowest BCUT2D eigenvalue weighted by molar-refractivity contribution is -0.118. The molecule has 17 heteroatoms. The van der Waals surface area contributed by atoms with Gasteiger partial charge in [-0.25, -0.2) is 14.4 Å². The van der Waals surface area contributed by atoms with E-state index < -0.39 is 0 Å². The van der Waals surface area contributed by atoms with Crippen molar-refractivity contribution < 1.29 is 67.0 Å². The van der Waals surface area contributed by atoms with Gasteiger partial charge in [-0.2, -0.15) is 0 Å². The maximum absolute atomic E-state index is 11.8. The van der Waals surface area contributed by atoms with Gasteiger partial charge >= 0.3 is 17.9 Å². The zero-order valence-corrected chi connectivity index (χ0v) is 51.7. The minimum absolute atomic E-state index is 0.0193. The maximum Gasteiger partial charge on any atom is 0.338 e. The zero-order chi connectivity index (χ0) is 66.8. The van der Waals surface area contributed by atoms with E-state index in [2.05, 4.69) is 26.3 Å². The Bertz CT molecular complexity index is 3370. The number of carbonyl (C=O) groups excluding carboxylic acids is 11. The van der Waals surface area contributed by atoms with Crippen LogP contribution in [0.3, 0.4) is 0 Å². The van der Waals surface area contributed by atoms with Gasteiger partial charge in [-0.15, -0.1) is 19.7 Å². The van der Waals surface area contributed by atoms with Crippen LogP contribution in [-0.4, -0.2) is 119 Å². The van der Waals surface area contributed by atoms with Crippen LogP contribution in [0.4, 0.5) is 0 Å². The smallest absolute Gasteiger partial charge is 0.338 e. The number of hydrogen-bond donors (Lipinski definition) is 0. The van der Waals surface area contributed by atoms with Gasteiger partial charge in [0.2, 0.25) is 0 Å². The van der Waals surface area contributed by atoms with Crippen LogP contribution < -0.4 is 0 Å². The number of amides is 6. The normalized spacial score (nSPS) is 11.7. The molecule has 0 aliphatic carbocycles. The molecule has 6 amide bonds. The highest BCUT2D eigenvalue weighted by molar-refractivity contribution is 6.23. The van der Waals surface area contributed by atoms with Gasteiger partial charge in [0.05, 0.1) is 56.7 Å². The van der Waals surface area contributed by atoms with E-state index in [1.54, 1.807) is 170 Å². The van der Waals surface area contributed by atoms with E-state index in [-0.39, 0.29) is 104 Å². The summed E-state index contributed by atoms with van der Waals surface area (Å²) in [5, 5.41) is 0. The number of benzene rings is 6. The van der Waals surface area contributed by atoms with Gasteiger partial charge in [0.15, 0.2) is 0 Å². The van der Waals surface area contributed by atoms with Crippen LogP contribution >= 0.6 is 0 Å². The van der Waals surface area contributed by atoms with Gasteiger partial charge in [-0.1, -0.05) is 146 Å². The monoisotopic (exact) mass is 1220 g/mol. The zero-order valence-electron chi connectivity index (χ0n) is 51.7. The third-order valence-electron chi connectivity index (χ3n) is 11.8. The van der Waals surface area contributed by atoms with Gasteiger partial charge < -0.3 is 14.2 Å². The quantitative estimate of drug-likeness (QED) is 0.0358. The molecule has 0 radical (unpaired) electrons. The molecule has 0 spiro atoms. The summed E-state index contributed by atoms with van der Waals surface area (Å²) in [5.74, 6) is -2.45. The lowest BCUT2D eigenvalue weighted by atomic mass is 10.1. The molecule has 6 aromatic carbocycles. The fraction of sp³-hybridized carbons (Fsp3) is 0.192. The van der Waals surface area contributed by atoms with Crippen molar-refractivity contribution in [1.29, 1.82) is 0 Å². The minimum atomic E-state index is -0.383. The Labute approximate surface area is 527 Å². The van der Waals surface area contributed by atoms with Crippen LogP contribution in [0.5, 0.6) is 0 Å². The van der Waals surface area contributed by atoms with Gasteiger partial charge in [0.1, 0.15) is 24.8 Å². The van der Waals surface area contributed by atoms with Crippen LogP contribution in [0.25, 0.3) is 0 Å². The molecular weight excluding hydrogens is 1140 g/mol. The molecule has 9 rings (SSSR count). The summed E-state index contributed by atoms with van der Waals surface area (Å²) < 4.78 is 14.6. The van der Waals surface area contributed by atoms with E-state index in [0.717, 1.165) is 4.90 Å². The highest BCUT2D eigenvalue weighted by Crippen LogP contribution is 2.24. The van der Waals surface area contributed by atoms with Crippen molar-refractivity contribution in [1.82, 2.24) is 14.7 Å². The third-order valence-corrected chi connectivity index (χ3v) is 11.8. The van der Waals surface area contributed by atoms with E-state index in [9.17, 15) is 52.7 Å². The van der Waals surface area contributed by atoms with Crippen molar-refractivity contribution >= 4 is 64.9 Å². The number of nitrogens with zero attached hydrogens (tertiary/aromatic N) is 3. The topological polar surface area (TPSA) is 225 Å². The Morgan fingerprint density at radius 2 is 0.656 bits per heavy atom. The van der Waals surface area contributed by atoms with E-state index in [4.69, 9.17) is 14.2 Å². The summed E-state index contributed by atoms with van der Waals surface area (Å²) in [6, 6.07) is 47.0. The number of fused-ring (bicyclic) bond motifs is 3. The third kappa shape index (κ3) is 25.1. The van der Waals surface area contributed by atoms with E-state index in [1.165, 1.54) is 23.6 Å². The predicted octanol–water partition coefficient (Wildman–Crippen LogP) is 13.2. The summed E-state index contributed by atoms with van der Waals surface area (Å²) >= 11 is 0. The summed E-state index contributed by atoms with van der Waals surface area (Å²) in [6.45, 7) is 25.7. The van der Waals surface area contributed by atoms with Gasteiger partial charge in [-0.05, 0) is 114 Å². The fourth-order valence-corrected chi connectivity index (χ4v) is 7.48. The van der Waals surface area contributed by atoms with E-state index >= 15 is 0 Å². The number of imide groups is 3. The molecule has 0 bridgehead atoms. The van der Waals surface area contributed by atoms with Crippen LogP contribution in [0.2, 0.25) is 0 Å². The molecule has 0 fully saturated rings. The molecule has 0 atom stereocenters. The molecule has 3 aliphatic heterocycles. The first-order valence-electron chi connectivity index (χ1n) is 28.4. The molecule has 0 aromatic heterocycles. The van der Waals surface area contributed by atoms with Gasteiger partial charge in [0.25, 0.3) is 35.4 Å². The first kappa shape index (κ1) is 75.0. The summed E-state index contributed by atoms with van der Waals surface area (Å²) in [5.41, 5.74) is 4.51. The molecule has 6 aromatic rings. The molecule has 0 N–H and O–H groups in total. The fourth-order valence-electron chi connectivity index (χ4n) is 7.48. The number of Topliss-reactive ketones (excluding diaryl/α,β-unsaturated/α-hetero) is 2. The van der Waals surface area contributed by atoms with Crippen molar-refractivity contribution in [3.63, 3.8) is 0 Å². The molecule has 0 saturated heterocycles. The number of ketones is 2. The summed E-state index contributed by atoms with van der Waals surface area (Å²) in [4.78, 5) is 129. The second-order valence-electron chi connectivity index (χ2n) is 18.7. The average molecular weight is 1220 g/mol. The molecule has 468 valence electrons. The number of rotatable bonds is 17. The first-order chi connectivity index (χ1) is 43.3. The van der Waals surface area contributed by atoms with Crippen LogP contribution in [-0.2, 0) is 23.8 Å². The lowest BCUT2D eigenvalue weighted by Crippen LogP contribution is -2.31. The number of ether oxygens (including phenoxy) is 3. The molecule has 0 unspecified atom stereocenters. The second kappa shape index (κ2) is 42.7. The van der Waals surface area contributed by atoms with Crippen molar-refractivity contribution in [3.05, 3.63) is 289 Å². The Kier molecular flexibility index (Phi) is 35.6. The molecule has 17 nitrogen and oxygen atoms in total. The second-order valence-corrected chi connectivity index (χ2v) is 18.7. The van der Waals surface area contributed by atoms with Crippen LogP contribution in [0.15, 0.2) is 239 Å².